The van der Waals surface area contributed by atoms with Crippen LogP contribution < -0.4 is 10.6 Å². The minimum atomic E-state index is -0.247. The number of guanidine groups is 1. The predicted molar refractivity (Wildman–Crippen MR) is 50.3 cm³/mol. The van der Waals surface area contributed by atoms with E-state index in [1.807, 2.05) is 0 Å². The summed E-state index contributed by atoms with van der Waals surface area (Å²) in [5, 5.41) is 6.02. The van der Waals surface area contributed by atoms with Crippen LogP contribution >= 0.6 is 0 Å². The van der Waals surface area contributed by atoms with Crippen LogP contribution in [0.15, 0.2) is 29.3 Å². The molecule has 68 valence electrons. The molecule has 0 bridgehead atoms. The van der Waals surface area contributed by atoms with E-state index in [1.165, 1.54) is 12.1 Å². The molecule has 13 heavy (non-hydrogen) atoms. The Morgan fingerprint density at radius 1 is 1.46 bits per heavy atom. The zero-order valence-electron chi connectivity index (χ0n) is 7.05. The second kappa shape index (κ2) is 3.43. The van der Waals surface area contributed by atoms with Crippen LogP contribution in [0.5, 0.6) is 0 Å². The quantitative estimate of drug-likeness (QED) is 0.679. The Bertz CT molecular complexity index is 335. The second-order valence-electron chi connectivity index (χ2n) is 2.79. The molecule has 0 aromatic heterocycles. The highest BCUT2D eigenvalue weighted by atomic mass is 19.1. The molecule has 1 aliphatic heterocycles. The monoisotopic (exact) mass is 179 g/mol. The van der Waals surface area contributed by atoms with Crippen LogP contribution in [0.2, 0.25) is 0 Å². The van der Waals surface area contributed by atoms with Gasteiger partial charge in [-0.05, 0) is 18.2 Å². The van der Waals surface area contributed by atoms with Crippen LogP contribution in [0.1, 0.15) is 0 Å². The highest BCUT2D eigenvalue weighted by molar-refractivity contribution is 5.94. The van der Waals surface area contributed by atoms with Gasteiger partial charge in [0.15, 0.2) is 5.96 Å². The van der Waals surface area contributed by atoms with Crippen LogP contribution in [-0.4, -0.2) is 19.0 Å². The highest BCUT2D eigenvalue weighted by Crippen LogP contribution is 2.08. The van der Waals surface area contributed by atoms with Crippen molar-refractivity contribution in [3.05, 3.63) is 30.1 Å². The smallest absolute Gasteiger partial charge is 0.195 e. The standard InChI is InChI=1S/C9H10FN3/c10-7-2-1-3-8(6-7)13-9-11-4-5-12-9/h1-3,6H,4-5H2,(H2,11,12,13). The summed E-state index contributed by atoms with van der Waals surface area (Å²) in [6, 6.07) is 6.30. The first-order valence-corrected chi connectivity index (χ1v) is 4.15. The van der Waals surface area contributed by atoms with Crippen molar-refractivity contribution in [1.29, 1.82) is 0 Å². The Kier molecular flexibility index (Phi) is 2.12. The largest absolute Gasteiger partial charge is 0.354 e. The number of nitrogens with one attached hydrogen (secondary N) is 2. The molecule has 0 fully saturated rings. The van der Waals surface area contributed by atoms with Gasteiger partial charge in [-0.2, -0.15) is 0 Å². The summed E-state index contributed by atoms with van der Waals surface area (Å²) in [6.45, 7) is 1.62. The van der Waals surface area contributed by atoms with Crippen molar-refractivity contribution in [3.8, 4) is 0 Å². The Balaban J connectivity index is 2.09. The summed E-state index contributed by atoms with van der Waals surface area (Å²) >= 11 is 0. The van der Waals surface area contributed by atoms with Crippen molar-refractivity contribution in [1.82, 2.24) is 5.32 Å². The molecule has 0 saturated heterocycles. The number of aliphatic imine (C=N–C) groups is 1. The number of hydrogen-bond donors (Lipinski definition) is 2. The van der Waals surface area contributed by atoms with Crippen LogP contribution in [0.4, 0.5) is 10.1 Å². The van der Waals surface area contributed by atoms with Crippen molar-refractivity contribution in [3.63, 3.8) is 0 Å². The molecule has 1 aliphatic rings. The van der Waals surface area contributed by atoms with Gasteiger partial charge in [-0.3, -0.25) is 4.99 Å². The molecule has 1 aromatic carbocycles. The third-order valence-corrected chi connectivity index (χ3v) is 1.76. The number of halogens is 1. The topological polar surface area (TPSA) is 36.4 Å². The van der Waals surface area contributed by atoms with Crippen molar-refractivity contribution in [2.45, 2.75) is 0 Å². The predicted octanol–water partition coefficient (Wildman–Crippen LogP) is 1.20. The molecule has 4 heteroatoms. The Morgan fingerprint density at radius 3 is 3.08 bits per heavy atom. The van der Waals surface area contributed by atoms with Crippen LogP contribution in [0.3, 0.4) is 0 Å². The van der Waals surface area contributed by atoms with Crippen molar-refractivity contribution in [2.24, 2.45) is 4.99 Å². The Morgan fingerprint density at radius 2 is 2.38 bits per heavy atom. The van der Waals surface area contributed by atoms with Crippen LogP contribution in [-0.2, 0) is 0 Å². The van der Waals surface area contributed by atoms with E-state index in [0.717, 1.165) is 13.1 Å². The minimum absolute atomic E-state index is 0.247. The van der Waals surface area contributed by atoms with Gasteiger partial charge in [0, 0.05) is 12.2 Å². The third kappa shape index (κ3) is 1.96. The van der Waals surface area contributed by atoms with E-state index in [4.69, 9.17) is 0 Å². The lowest BCUT2D eigenvalue weighted by Crippen LogP contribution is -2.26. The fourth-order valence-electron chi connectivity index (χ4n) is 1.18. The molecule has 2 N–H and O–H groups in total. The Labute approximate surface area is 75.7 Å². The molecule has 0 atom stereocenters. The highest BCUT2D eigenvalue weighted by Gasteiger charge is 2.04. The summed E-state index contributed by atoms with van der Waals surface area (Å²) in [6.07, 6.45) is 0. The van der Waals surface area contributed by atoms with E-state index in [9.17, 15) is 4.39 Å². The van der Waals surface area contributed by atoms with E-state index < -0.39 is 0 Å². The van der Waals surface area contributed by atoms with Gasteiger partial charge in [0.25, 0.3) is 0 Å². The maximum atomic E-state index is 12.7. The summed E-state index contributed by atoms with van der Waals surface area (Å²) in [5.74, 6) is 0.467. The maximum Gasteiger partial charge on any atom is 0.195 e. The molecule has 0 radical (unpaired) electrons. The number of rotatable bonds is 1. The van der Waals surface area contributed by atoms with E-state index in [-0.39, 0.29) is 5.82 Å². The number of hydrogen-bond acceptors (Lipinski definition) is 3. The van der Waals surface area contributed by atoms with Gasteiger partial charge in [0.2, 0.25) is 0 Å². The SMILES string of the molecule is Fc1cccc(NC2=NCCN2)c1. The average Bonchev–Trinajstić information content (AvgIpc) is 2.57. The first-order chi connectivity index (χ1) is 6.34. The molecule has 0 aliphatic carbocycles. The Hall–Kier alpha value is -1.58. The number of anilines is 1. The van der Waals surface area contributed by atoms with E-state index >= 15 is 0 Å². The van der Waals surface area contributed by atoms with E-state index in [2.05, 4.69) is 15.6 Å². The fraction of sp³-hybridized carbons (Fsp3) is 0.222. The molecule has 1 heterocycles. The first-order valence-electron chi connectivity index (χ1n) is 4.15. The average molecular weight is 179 g/mol. The lowest BCUT2D eigenvalue weighted by molar-refractivity contribution is 0.628. The van der Waals surface area contributed by atoms with Gasteiger partial charge >= 0.3 is 0 Å². The van der Waals surface area contributed by atoms with E-state index in [0.29, 0.717) is 11.6 Å². The normalized spacial score (nSPS) is 15.0. The van der Waals surface area contributed by atoms with Crippen molar-refractivity contribution < 1.29 is 4.39 Å². The molecule has 0 spiro atoms. The zero-order valence-corrected chi connectivity index (χ0v) is 7.05. The van der Waals surface area contributed by atoms with Crippen molar-refractivity contribution >= 4 is 11.6 Å². The van der Waals surface area contributed by atoms with E-state index in [1.54, 1.807) is 12.1 Å². The zero-order chi connectivity index (χ0) is 9.10. The van der Waals surface area contributed by atoms with Gasteiger partial charge < -0.3 is 10.6 Å². The van der Waals surface area contributed by atoms with Crippen LogP contribution in [0, 0.1) is 5.82 Å². The third-order valence-electron chi connectivity index (χ3n) is 1.76. The first kappa shape index (κ1) is 8.04. The number of nitrogens with zero attached hydrogens (tertiary/aromatic N) is 1. The lowest BCUT2D eigenvalue weighted by atomic mass is 10.3. The molecular weight excluding hydrogens is 169 g/mol. The molecule has 0 saturated carbocycles. The van der Waals surface area contributed by atoms with Gasteiger partial charge in [-0.15, -0.1) is 0 Å². The summed E-state index contributed by atoms with van der Waals surface area (Å²) in [4.78, 5) is 4.13. The number of benzene rings is 1. The summed E-state index contributed by atoms with van der Waals surface area (Å²) < 4.78 is 12.7. The van der Waals surface area contributed by atoms with Gasteiger partial charge in [-0.1, -0.05) is 6.07 Å². The lowest BCUT2D eigenvalue weighted by Gasteiger charge is -2.05. The summed E-state index contributed by atoms with van der Waals surface area (Å²) in [5.41, 5.74) is 0.716. The van der Waals surface area contributed by atoms with Gasteiger partial charge in [-0.25, -0.2) is 4.39 Å². The maximum absolute atomic E-state index is 12.7. The van der Waals surface area contributed by atoms with Crippen LogP contribution in [0.25, 0.3) is 0 Å². The van der Waals surface area contributed by atoms with Crippen molar-refractivity contribution in [2.75, 3.05) is 18.4 Å². The second-order valence-corrected chi connectivity index (χ2v) is 2.79. The molecule has 3 nitrogen and oxygen atoms in total. The molecule has 0 unspecified atom stereocenters. The summed E-state index contributed by atoms with van der Waals surface area (Å²) in [7, 11) is 0. The fourth-order valence-corrected chi connectivity index (χ4v) is 1.18. The van der Waals surface area contributed by atoms with Gasteiger partial charge in [0.05, 0.1) is 6.54 Å². The molecule has 0 amide bonds. The molecule has 2 rings (SSSR count). The molecule has 1 aromatic rings. The molecular formula is C9H10FN3. The minimum Gasteiger partial charge on any atom is -0.354 e. The van der Waals surface area contributed by atoms with Gasteiger partial charge in [0.1, 0.15) is 5.82 Å².